The molecule has 0 saturated heterocycles. The summed E-state index contributed by atoms with van der Waals surface area (Å²) in [5, 5.41) is 3.98. The number of hydrazone groups is 1. The molecule has 0 radical (unpaired) electrons. The molecule has 0 aliphatic heterocycles. The highest BCUT2D eigenvalue weighted by molar-refractivity contribution is 9.10. The Morgan fingerprint density at radius 2 is 1.96 bits per heavy atom. The van der Waals surface area contributed by atoms with E-state index in [-0.39, 0.29) is 12.5 Å². The quantitative estimate of drug-likeness (QED) is 0.411. The molecular weight excluding hydrogens is 416 g/mol. The Kier molecular flexibility index (Phi) is 7.36. The van der Waals surface area contributed by atoms with E-state index in [0.29, 0.717) is 27.1 Å². The smallest absolute Gasteiger partial charge is 0.343 e. The van der Waals surface area contributed by atoms with Crippen molar-refractivity contribution < 1.29 is 23.8 Å². The van der Waals surface area contributed by atoms with Crippen LogP contribution in [0, 0.1) is 6.92 Å². The highest BCUT2D eigenvalue weighted by Crippen LogP contribution is 2.36. The molecule has 0 unspecified atom stereocenters. The van der Waals surface area contributed by atoms with Gasteiger partial charge >= 0.3 is 5.97 Å². The van der Waals surface area contributed by atoms with Crippen LogP contribution in [0.4, 0.5) is 0 Å². The Hall–Kier alpha value is -2.87. The Balaban J connectivity index is 2.11. The van der Waals surface area contributed by atoms with Gasteiger partial charge in [-0.1, -0.05) is 18.2 Å². The van der Waals surface area contributed by atoms with Crippen LogP contribution in [0.15, 0.2) is 46.0 Å². The summed E-state index contributed by atoms with van der Waals surface area (Å²) in [6.45, 7) is 1.61. The number of esters is 1. The van der Waals surface area contributed by atoms with Crippen LogP contribution in [0.25, 0.3) is 0 Å². The summed E-state index contributed by atoms with van der Waals surface area (Å²) in [6.07, 6.45) is 1.48. The molecule has 142 valence electrons. The number of ether oxygens (including phenoxy) is 3. The molecule has 0 aromatic heterocycles. The van der Waals surface area contributed by atoms with Crippen LogP contribution in [-0.4, -0.2) is 38.9 Å². The summed E-state index contributed by atoms with van der Waals surface area (Å²) in [5.74, 6) is -0.0362. The second kappa shape index (κ2) is 9.72. The fraction of sp³-hybridized carbons (Fsp3) is 0.211. The number of carbonyl (C=O) groups excluding carboxylic acids is 2. The van der Waals surface area contributed by atoms with Crippen molar-refractivity contribution in [3.8, 4) is 11.5 Å². The van der Waals surface area contributed by atoms with Crippen molar-refractivity contribution in [1.29, 1.82) is 0 Å². The average molecular weight is 435 g/mol. The number of nitrogens with one attached hydrogen (secondary N) is 1. The number of hydrogen-bond donors (Lipinski definition) is 1. The van der Waals surface area contributed by atoms with Crippen molar-refractivity contribution in [3.63, 3.8) is 0 Å². The van der Waals surface area contributed by atoms with Gasteiger partial charge in [-0.3, -0.25) is 4.79 Å². The largest absolute Gasteiger partial charge is 0.493 e. The molecule has 2 aromatic carbocycles. The molecule has 0 spiro atoms. The normalized spacial score (nSPS) is 10.5. The third-order valence-electron chi connectivity index (χ3n) is 3.58. The first-order valence-corrected chi connectivity index (χ1v) is 8.71. The van der Waals surface area contributed by atoms with Gasteiger partial charge in [-0.2, -0.15) is 5.10 Å². The average Bonchev–Trinajstić information content (AvgIpc) is 2.66. The standard InChI is InChI=1S/C19H19BrN2O5/c1-12-6-4-5-7-14(12)19(24)22-21-10-13-8-15(20)18(16(9-13)25-2)27-11-17(23)26-3/h4-10H,11H2,1-3H3,(H,22,24)/b21-10+. The highest BCUT2D eigenvalue weighted by Gasteiger charge is 2.13. The fourth-order valence-corrected chi connectivity index (χ4v) is 2.77. The molecule has 1 amide bonds. The first-order valence-electron chi connectivity index (χ1n) is 7.92. The molecule has 8 heteroatoms. The van der Waals surface area contributed by atoms with Gasteiger partial charge in [0, 0.05) is 5.56 Å². The van der Waals surface area contributed by atoms with Crippen molar-refractivity contribution in [2.45, 2.75) is 6.92 Å². The van der Waals surface area contributed by atoms with E-state index in [4.69, 9.17) is 9.47 Å². The van der Waals surface area contributed by atoms with Gasteiger partial charge in [0.1, 0.15) is 0 Å². The Bertz CT molecular complexity index is 867. The van der Waals surface area contributed by atoms with Crippen molar-refractivity contribution in [1.82, 2.24) is 5.43 Å². The van der Waals surface area contributed by atoms with Crippen molar-refractivity contribution >= 4 is 34.0 Å². The van der Waals surface area contributed by atoms with E-state index >= 15 is 0 Å². The van der Waals surface area contributed by atoms with Gasteiger partial charge in [-0.15, -0.1) is 0 Å². The second-order valence-corrected chi connectivity index (χ2v) is 6.27. The summed E-state index contributed by atoms with van der Waals surface area (Å²) in [6, 6.07) is 10.6. The monoisotopic (exact) mass is 434 g/mol. The van der Waals surface area contributed by atoms with Crippen molar-refractivity contribution in [2.24, 2.45) is 5.10 Å². The van der Waals surface area contributed by atoms with E-state index in [0.717, 1.165) is 5.56 Å². The van der Waals surface area contributed by atoms with Crippen molar-refractivity contribution in [3.05, 3.63) is 57.6 Å². The van der Waals surface area contributed by atoms with Crippen LogP contribution in [-0.2, 0) is 9.53 Å². The van der Waals surface area contributed by atoms with E-state index in [1.807, 2.05) is 19.1 Å². The number of aryl methyl sites for hydroxylation is 1. The number of halogens is 1. The molecule has 2 rings (SSSR count). The van der Waals surface area contributed by atoms with Gasteiger partial charge in [-0.25, -0.2) is 10.2 Å². The van der Waals surface area contributed by atoms with E-state index < -0.39 is 5.97 Å². The maximum Gasteiger partial charge on any atom is 0.343 e. The number of methoxy groups -OCH3 is 2. The lowest BCUT2D eigenvalue weighted by molar-refractivity contribution is -0.142. The zero-order valence-electron chi connectivity index (χ0n) is 15.1. The molecular formula is C19H19BrN2O5. The Morgan fingerprint density at radius 3 is 2.63 bits per heavy atom. The molecule has 27 heavy (non-hydrogen) atoms. The summed E-state index contributed by atoms with van der Waals surface area (Å²) in [5.41, 5.74) is 4.57. The fourth-order valence-electron chi connectivity index (χ4n) is 2.20. The summed E-state index contributed by atoms with van der Waals surface area (Å²) >= 11 is 3.37. The molecule has 0 fully saturated rings. The molecule has 0 atom stereocenters. The van der Waals surface area contributed by atoms with Gasteiger partial charge in [-0.05, 0) is 52.2 Å². The predicted molar refractivity (Wildman–Crippen MR) is 104 cm³/mol. The van der Waals surface area contributed by atoms with Gasteiger partial charge in [0.25, 0.3) is 5.91 Å². The predicted octanol–water partition coefficient (Wildman–Crippen LogP) is 3.08. The van der Waals surface area contributed by atoms with Crippen LogP contribution in [0.1, 0.15) is 21.5 Å². The van der Waals surface area contributed by atoms with Crippen LogP contribution >= 0.6 is 15.9 Å². The molecule has 0 bridgehead atoms. The summed E-state index contributed by atoms with van der Waals surface area (Å²) in [4.78, 5) is 23.4. The van der Waals surface area contributed by atoms with E-state index in [1.54, 1.807) is 24.3 Å². The van der Waals surface area contributed by atoms with E-state index in [9.17, 15) is 9.59 Å². The van der Waals surface area contributed by atoms with Crippen LogP contribution < -0.4 is 14.9 Å². The lowest BCUT2D eigenvalue weighted by Gasteiger charge is -2.12. The third kappa shape index (κ3) is 5.55. The minimum absolute atomic E-state index is 0.245. The number of carbonyl (C=O) groups is 2. The lowest BCUT2D eigenvalue weighted by atomic mass is 10.1. The zero-order valence-corrected chi connectivity index (χ0v) is 16.7. The van der Waals surface area contributed by atoms with Crippen LogP contribution in [0.2, 0.25) is 0 Å². The minimum atomic E-state index is -0.506. The number of rotatable bonds is 7. The van der Waals surface area contributed by atoms with Gasteiger partial charge in [0.2, 0.25) is 0 Å². The van der Waals surface area contributed by atoms with Crippen LogP contribution in [0.5, 0.6) is 11.5 Å². The number of nitrogens with zero attached hydrogens (tertiary/aromatic N) is 1. The number of hydrogen-bond acceptors (Lipinski definition) is 6. The molecule has 7 nitrogen and oxygen atoms in total. The molecule has 1 N–H and O–H groups in total. The van der Waals surface area contributed by atoms with E-state index in [2.05, 4.69) is 31.2 Å². The highest BCUT2D eigenvalue weighted by atomic mass is 79.9. The van der Waals surface area contributed by atoms with Gasteiger partial charge < -0.3 is 14.2 Å². The van der Waals surface area contributed by atoms with Gasteiger partial charge in [0.15, 0.2) is 18.1 Å². The topological polar surface area (TPSA) is 86.2 Å². The molecule has 0 aliphatic rings. The molecule has 0 saturated carbocycles. The molecule has 2 aromatic rings. The molecule has 0 aliphatic carbocycles. The first kappa shape index (κ1) is 20.4. The molecule has 0 heterocycles. The number of benzene rings is 2. The van der Waals surface area contributed by atoms with Gasteiger partial charge in [0.05, 0.1) is 24.9 Å². The maximum atomic E-state index is 12.2. The summed E-state index contributed by atoms with van der Waals surface area (Å²) in [7, 11) is 2.76. The lowest BCUT2D eigenvalue weighted by Crippen LogP contribution is -2.18. The maximum absolute atomic E-state index is 12.2. The first-order chi connectivity index (χ1) is 13.0. The minimum Gasteiger partial charge on any atom is -0.493 e. The Labute approximate surface area is 165 Å². The Morgan fingerprint density at radius 1 is 1.22 bits per heavy atom. The summed E-state index contributed by atoms with van der Waals surface area (Å²) < 4.78 is 15.8. The van der Waals surface area contributed by atoms with Crippen molar-refractivity contribution in [2.75, 3.05) is 20.8 Å². The second-order valence-electron chi connectivity index (χ2n) is 5.41. The zero-order chi connectivity index (χ0) is 19.8. The SMILES string of the molecule is COC(=O)COc1c(Br)cc(/C=N/NC(=O)c2ccccc2C)cc1OC. The third-order valence-corrected chi connectivity index (χ3v) is 4.17. The number of amides is 1. The van der Waals surface area contributed by atoms with E-state index in [1.165, 1.54) is 20.4 Å². The van der Waals surface area contributed by atoms with Crippen LogP contribution in [0.3, 0.4) is 0 Å².